The molecule has 0 unspecified atom stereocenters. The van der Waals surface area contributed by atoms with Gasteiger partial charge in [-0.15, -0.1) is 0 Å². The number of carboxylic acids is 1. The van der Waals surface area contributed by atoms with Crippen LogP contribution in [0, 0.1) is 18.8 Å². The minimum Gasteiger partial charge on any atom is -0.481 e. The van der Waals surface area contributed by atoms with Crippen molar-refractivity contribution in [3.63, 3.8) is 0 Å². The molecule has 0 saturated carbocycles. The van der Waals surface area contributed by atoms with E-state index in [1.807, 2.05) is 6.08 Å². The summed E-state index contributed by atoms with van der Waals surface area (Å²) in [5, 5.41) is 12.0. The highest BCUT2D eigenvalue weighted by Crippen LogP contribution is 2.28. The largest absolute Gasteiger partial charge is 0.481 e. The lowest BCUT2D eigenvalue weighted by atomic mass is 9.82. The Morgan fingerprint density at radius 3 is 2.43 bits per heavy atom. The van der Waals surface area contributed by atoms with Gasteiger partial charge >= 0.3 is 11.9 Å². The molecule has 1 aliphatic carbocycles. The van der Waals surface area contributed by atoms with Crippen LogP contribution in [-0.4, -0.2) is 30.1 Å². The number of allylic oxidation sites excluding steroid dienone is 2. The smallest absolute Gasteiger partial charge is 0.337 e. The maximum absolute atomic E-state index is 12.5. The molecule has 0 fully saturated rings. The number of carbonyl (C=O) groups excluding carboxylic acids is 2. The highest BCUT2D eigenvalue weighted by Gasteiger charge is 2.34. The fraction of sp³-hybridized carbons (Fsp3) is 0.353. The van der Waals surface area contributed by atoms with Gasteiger partial charge in [-0.3, -0.25) is 9.59 Å². The van der Waals surface area contributed by atoms with Crippen LogP contribution < -0.4 is 5.32 Å². The van der Waals surface area contributed by atoms with Gasteiger partial charge in [0.05, 0.1) is 24.5 Å². The van der Waals surface area contributed by atoms with Gasteiger partial charge in [0.1, 0.15) is 0 Å². The van der Waals surface area contributed by atoms with Crippen LogP contribution in [0.1, 0.15) is 28.8 Å². The number of aryl methyl sites for hydroxylation is 1. The number of carboxylic acid groups (broad SMARTS) is 1. The minimum atomic E-state index is -0.977. The Morgan fingerprint density at radius 2 is 1.83 bits per heavy atom. The van der Waals surface area contributed by atoms with Gasteiger partial charge in [0.2, 0.25) is 5.91 Å². The molecule has 2 atom stereocenters. The first kappa shape index (κ1) is 16.7. The molecule has 0 bridgehead atoms. The fourth-order valence-corrected chi connectivity index (χ4v) is 2.60. The summed E-state index contributed by atoms with van der Waals surface area (Å²) in [5.41, 5.74) is 1.59. The number of anilines is 1. The molecule has 6 nitrogen and oxygen atoms in total. The minimum absolute atomic E-state index is 0.326. The van der Waals surface area contributed by atoms with Crippen molar-refractivity contribution in [1.82, 2.24) is 0 Å². The van der Waals surface area contributed by atoms with E-state index in [0.29, 0.717) is 24.1 Å². The van der Waals surface area contributed by atoms with E-state index >= 15 is 0 Å². The molecule has 23 heavy (non-hydrogen) atoms. The van der Waals surface area contributed by atoms with E-state index in [1.165, 1.54) is 13.2 Å². The fourth-order valence-electron chi connectivity index (χ4n) is 2.60. The van der Waals surface area contributed by atoms with Crippen LogP contribution in [0.4, 0.5) is 5.69 Å². The summed E-state index contributed by atoms with van der Waals surface area (Å²) in [6, 6.07) is 4.85. The highest BCUT2D eigenvalue weighted by atomic mass is 16.5. The number of amides is 1. The number of esters is 1. The molecule has 0 heterocycles. The topological polar surface area (TPSA) is 92.7 Å². The lowest BCUT2D eigenvalue weighted by Gasteiger charge is -2.24. The van der Waals surface area contributed by atoms with Crippen molar-refractivity contribution in [2.24, 2.45) is 11.8 Å². The van der Waals surface area contributed by atoms with E-state index in [4.69, 9.17) is 0 Å². The first-order valence-corrected chi connectivity index (χ1v) is 7.31. The molecule has 0 aromatic heterocycles. The third-order valence-electron chi connectivity index (χ3n) is 4.00. The number of hydrogen-bond acceptors (Lipinski definition) is 4. The normalized spacial score (nSPS) is 19.9. The van der Waals surface area contributed by atoms with E-state index in [1.54, 1.807) is 25.1 Å². The summed E-state index contributed by atoms with van der Waals surface area (Å²) in [4.78, 5) is 35.3. The number of nitrogens with one attached hydrogen (secondary N) is 1. The van der Waals surface area contributed by atoms with Crippen LogP contribution in [-0.2, 0) is 14.3 Å². The molecule has 0 radical (unpaired) electrons. The summed E-state index contributed by atoms with van der Waals surface area (Å²) in [6.45, 7) is 1.80. The van der Waals surface area contributed by atoms with Crippen molar-refractivity contribution >= 4 is 23.5 Å². The van der Waals surface area contributed by atoms with E-state index < -0.39 is 23.8 Å². The number of methoxy groups -OCH3 is 1. The quantitative estimate of drug-likeness (QED) is 0.657. The van der Waals surface area contributed by atoms with E-state index in [9.17, 15) is 19.5 Å². The molecule has 6 heteroatoms. The number of carbonyl (C=O) groups is 3. The van der Waals surface area contributed by atoms with Gasteiger partial charge in [0.25, 0.3) is 0 Å². The summed E-state index contributed by atoms with van der Waals surface area (Å²) >= 11 is 0. The molecular weight excluding hydrogens is 298 g/mol. The van der Waals surface area contributed by atoms with Crippen molar-refractivity contribution in [3.8, 4) is 0 Å². The Morgan fingerprint density at radius 1 is 1.17 bits per heavy atom. The second-order valence-corrected chi connectivity index (χ2v) is 5.50. The van der Waals surface area contributed by atoms with Gasteiger partial charge in [-0.2, -0.15) is 0 Å². The Hall–Kier alpha value is -2.63. The first-order valence-electron chi connectivity index (χ1n) is 7.31. The van der Waals surface area contributed by atoms with Gasteiger partial charge in [0, 0.05) is 5.69 Å². The number of aliphatic carboxylic acids is 1. The molecule has 122 valence electrons. The SMILES string of the molecule is COC(=O)c1ccc(C)c(NC(=O)[C@@H]2CC=CC[C@H]2C(=O)O)c1. The number of ether oxygens (including phenoxy) is 1. The standard InChI is InChI=1S/C17H19NO5/c1-10-7-8-11(17(22)23-2)9-14(10)18-15(19)12-5-3-4-6-13(12)16(20)21/h3-4,7-9,12-13H,5-6H2,1-2H3,(H,18,19)(H,20,21)/t12-,13-/m1/s1. The average Bonchev–Trinajstić information content (AvgIpc) is 2.56. The van der Waals surface area contributed by atoms with Gasteiger partial charge < -0.3 is 15.2 Å². The van der Waals surface area contributed by atoms with Crippen LogP contribution in [0.25, 0.3) is 0 Å². The predicted molar refractivity (Wildman–Crippen MR) is 84.1 cm³/mol. The van der Waals surface area contributed by atoms with Crippen LogP contribution in [0.2, 0.25) is 0 Å². The van der Waals surface area contributed by atoms with Crippen LogP contribution >= 0.6 is 0 Å². The third-order valence-corrected chi connectivity index (χ3v) is 4.00. The Bertz CT molecular complexity index is 665. The second kappa shape index (κ2) is 7.09. The van der Waals surface area contributed by atoms with E-state index in [0.717, 1.165) is 5.56 Å². The lowest BCUT2D eigenvalue weighted by Crippen LogP contribution is -2.34. The molecule has 1 amide bonds. The summed E-state index contributed by atoms with van der Waals surface area (Å²) in [5.74, 6) is -3.19. The van der Waals surface area contributed by atoms with Crippen LogP contribution in [0.3, 0.4) is 0 Å². The number of benzene rings is 1. The molecule has 1 aromatic rings. The van der Waals surface area contributed by atoms with Crippen molar-refractivity contribution in [2.45, 2.75) is 19.8 Å². The Balaban J connectivity index is 2.21. The monoisotopic (exact) mass is 317 g/mol. The molecule has 0 aliphatic heterocycles. The second-order valence-electron chi connectivity index (χ2n) is 5.50. The number of hydrogen-bond donors (Lipinski definition) is 2. The summed E-state index contributed by atoms with van der Waals surface area (Å²) in [6.07, 6.45) is 4.33. The van der Waals surface area contributed by atoms with Crippen LogP contribution in [0.5, 0.6) is 0 Å². The van der Waals surface area contributed by atoms with Crippen molar-refractivity contribution in [3.05, 3.63) is 41.5 Å². The van der Waals surface area contributed by atoms with Crippen LogP contribution in [0.15, 0.2) is 30.4 Å². The summed E-state index contributed by atoms with van der Waals surface area (Å²) < 4.78 is 4.66. The van der Waals surface area contributed by atoms with Crippen molar-refractivity contribution < 1.29 is 24.2 Å². The zero-order chi connectivity index (χ0) is 17.0. The van der Waals surface area contributed by atoms with Crippen molar-refractivity contribution in [2.75, 3.05) is 12.4 Å². The zero-order valence-corrected chi connectivity index (χ0v) is 13.0. The van der Waals surface area contributed by atoms with Gasteiger partial charge in [0.15, 0.2) is 0 Å². The van der Waals surface area contributed by atoms with E-state index in [-0.39, 0.29) is 5.91 Å². The molecular formula is C17H19NO5. The Labute approximate surface area is 134 Å². The maximum atomic E-state index is 12.5. The van der Waals surface area contributed by atoms with Crippen molar-refractivity contribution in [1.29, 1.82) is 0 Å². The maximum Gasteiger partial charge on any atom is 0.337 e. The average molecular weight is 317 g/mol. The zero-order valence-electron chi connectivity index (χ0n) is 13.0. The predicted octanol–water partition coefficient (Wildman–Crippen LogP) is 2.39. The highest BCUT2D eigenvalue weighted by molar-refractivity contribution is 5.98. The molecule has 1 aliphatic rings. The van der Waals surface area contributed by atoms with Gasteiger partial charge in [-0.25, -0.2) is 4.79 Å². The van der Waals surface area contributed by atoms with Gasteiger partial charge in [-0.1, -0.05) is 18.2 Å². The molecule has 0 spiro atoms. The molecule has 1 aromatic carbocycles. The first-order chi connectivity index (χ1) is 10.9. The van der Waals surface area contributed by atoms with Gasteiger partial charge in [-0.05, 0) is 37.5 Å². The lowest BCUT2D eigenvalue weighted by molar-refractivity contribution is -0.146. The summed E-state index contributed by atoms with van der Waals surface area (Å²) in [7, 11) is 1.28. The number of rotatable bonds is 4. The third kappa shape index (κ3) is 3.77. The molecule has 2 N–H and O–H groups in total. The Kier molecular flexibility index (Phi) is 5.16. The van der Waals surface area contributed by atoms with E-state index in [2.05, 4.69) is 10.1 Å². The molecule has 0 saturated heterocycles. The molecule has 2 rings (SSSR count).